The fourth-order valence-electron chi connectivity index (χ4n) is 2.83. The zero-order valence-corrected chi connectivity index (χ0v) is 15.3. The van der Waals surface area contributed by atoms with Crippen LogP contribution in [-0.2, 0) is 42.3 Å². The van der Waals surface area contributed by atoms with Crippen LogP contribution in [0, 0.1) is 0 Å². The Morgan fingerprint density at radius 3 is 1.09 bits per heavy atom. The lowest BCUT2D eigenvalue weighted by atomic mass is 9.94. The van der Waals surface area contributed by atoms with Crippen LogP contribution in [0.5, 0.6) is 0 Å². The molecular weight excluding hydrogens is 472 g/mol. The Morgan fingerprint density at radius 2 is 0.844 bits per heavy atom. The standard InChI is InChI=1S/C19H10F12O/c20-16(21,22)11-3-1-9(14(7-11)18(26,27)28)5-13(32)6-10-2-4-12(17(23,24)25)8-15(10)19(29,30)31/h1-4,7-8H,5-6H2. The van der Waals surface area contributed by atoms with Crippen molar-refractivity contribution in [3.8, 4) is 0 Å². The van der Waals surface area contributed by atoms with Gasteiger partial charge in [-0.2, -0.15) is 52.7 Å². The lowest BCUT2D eigenvalue weighted by Gasteiger charge is -2.17. The lowest BCUT2D eigenvalue weighted by molar-refractivity contribution is -0.145. The van der Waals surface area contributed by atoms with E-state index in [4.69, 9.17) is 0 Å². The number of carbonyl (C=O) groups excluding carboxylic acids is 1. The molecule has 0 saturated heterocycles. The average Bonchev–Trinajstić information content (AvgIpc) is 2.58. The first-order valence-corrected chi connectivity index (χ1v) is 8.36. The maximum Gasteiger partial charge on any atom is 0.416 e. The molecule has 0 aliphatic heterocycles. The van der Waals surface area contributed by atoms with Gasteiger partial charge in [-0.3, -0.25) is 4.79 Å². The van der Waals surface area contributed by atoms with Crippen molar-refractivity contribution in [2.45, 2.75) is 37.5 Å². The molecule has 2 aromatic rings. The van der Waals surface area contributed by atoms with Crippen molar-refractivity contribution in [3.63, 3.8) is 0 Å². The highest BCUT2D eigenvalue weighted by atomic mass is 19.4. The molecule has 0 aliphatic carbocycles. The van der Waals surface area contributed by atoms with E-state index in [1.54, 1.807) is 0 Å². The Morgan fingerprint density at radius 1 is 0.531 bits per heavy atom. The van der Waals surface area contributed by atoms with Crippen molar-refractivity contribution in [1.29, 1.82) is 0 Å². The van der Waals surface area contributed by atoms with Gasteiger partial charge in [-0.1, -0.05) is 12.1 Å². The van der Waals surface area contributed by atoms with Crippen LogP contribution in [0.15, 0.2) is 36.4 Å². The van der Waals surface area contributed by atoms with Gasteiger partial charge < -0.3 is 0 Å². The van der Waals surface area contributed by atoms with Crippen molar-refractivity contribution in [2.24, 2.45) is 0 Å². The molecule has 0 spiro atoms. The van der Waals surface area contributed by atoms with Crippen LogP contribution in [0.4, 0.5) is 52.7 Å². The summed E-state index contributed by atoms with van der Waals surface area (Å²) in [5.41, 5.74) is -8.74. The van der Waals surface area contributed by atoms with E-state index in [0.29, 0.717) is 12.1 Å². The van der Waals surface area contributed by atoms with Crippen LogP contribution >= 0.6 is 0 Å². The van der Waals surface area contributed by atoms with Crippen LogP contribution in [0.2, 0.25) is 0 Å². The zero-order chi connectivity index (χ0) is 24.7. The largest absolute Gasteiger partial charge is 0.416 e. The van der Waals surface area contributed by atoms with Crippen molar-refractivity contribution in [1.82, 2.24) is 0 Å². The Labute approximate surface area is 171 Å². The first-order valence-electron chi connectivity index (χ1n) is 8.36. The maximum atomic E-state index is 13.1. The Balaban J connectivity index is 2.39. The first-order chi connectivity index (χ1) is 14.3. The van der Waals surface area contributed by atoms with Crippen molar-refractivity contribution in [2.75, 3.05) is 0 Å². The minimum atomic E-state index is -5.30. The topological polar surface area (TPSA) is 17.1 Å². The fourth-order valence-corrected chi connectivity index (χ4v) is 2.83. The second kappa shape index (κ2) is 8.32. The van der Waals surface area contributed by atoms with Crippen LogP contribution in [0.1, 0.15) is 33.4 Å². The minimum Gasteiger partial charge on any atom is -0.299 e. The Kier molecular flexibility index (Phi) is 6.64. The van der Waals surface area contributed by atoms with E-state index in [9.17, 15) is 57.5 Å². The summed E-state index contributed by atoms with van der Waals surface area (Å²) in [6.45, 7) is 0. The fraction of sp³-hybridized carbons (Fsp3) is 0.316. The molecule has 0 unspecified atom stereocenters. The van der Waals surface area contributed by atoms with Crippen LogP contribution < -0.4 is 0 Å². The summed E-state index contributed by atoms with van der Waals surface area (Å²) in [4.78, 5) is 12.1. The number of Topliss-reactive ketones (excluding diaryl/α,β-unsaturated/α-hetero) is 1. The number of alkyl halides is 12. The van der Waals surface area contributed by atoms with E-state index in [-0.39, 0.29) is 24.3 Å². The van der Waals surface area contributed by atoms with Gasteiger partial charge in [-0.05, 0) is 35.4 Å². The summed E-state index contributed by atoms with van der Waals surface area (Å²) in [6.07, 6.45) is -23.2. The molecule has 0 amide bonds. The zero-order valence-electron chi connectivity index (χ0n) is 15.3. The van der Waals surface area contributed by atoms with Gasteiger partial charge in [0.25, 0.3) is 0 Å². The number of rotatable bonds is 4. The van der Waals surface area contributed by atoms with E-state index in [0.717, 1.165) is 0 Å². The molecule has 0 saturated carbocycles. The second-order valence-corrected chi connectivity index (χ2v) is 6.63. The summed E-state index contributed by atoms with van der Waals surface area (Å²) in [7, 11) is 0. The number of ketones is 1. The Hall–Kier alpha value is -2.73. The summed E-state index contributed by atoms with van der Waals surface area (Å²) >= 11 is 0. The molecule has 2 rings (SSSR count). The van der Waals surface area contributed by atoms with E-state index in [1.165, 1.54) is 0 Å². The lowest BCUT2D eigenvalue weighted by Crippen LogP contribution is -2.18. The summed E-state index contributed by atoms with van der Waals surface area (Å²) in [6, 6.07) is 0.833. The van der Waals surface area contributed by atoms with Crippen molar-refractivity contribution < 1.29 is 57.5 Å². The van der Waals surface area contributed by atoms with Gasteiger partial charge in [0, 0.05) is 12.8 Å². The molecule has 2 aromatic carbocycles. The quantitative estimate of drug-likeness (QED) is 0.425. The van der Waals surface area contributed by atoms with E-state index in [1.807, 2.05) is 0 Å². The third-order valence-corrected chi connectivity index (χ3v) is 4.26. The highest BCUT2D eigenvalue weighted by molar-refractivity contribution is 5.84. The summed E-state index contributed by atoms with van der Waals surface area (Å²) in [5, 5.41) is 0. The summed E-state index contributed by atoms with van der Waals surface area (Å²) in [5.74, 6) is -1.28. The number of hydrogen-bond acceptors (Lipinski definition) is 1. The molecule has 0 radical (unpaired) electrons. The van der Waals surface area contributed by atoms with Crippen molar-refractivity contribution in [3.05, 3.63) is 69.8 Å². The molecule has 0 aliphatic rings. The van der Waals surface area contributed by atoms with Crippen LogP contribution in [0.3, 0.4) is 0 Å². The maximum absolute atomic E-state index is 13.1. The highest BCUT2D eigenvalue weighted by Crippen LogP contribution is 2.39. The molecule has 176 valence electrons. The second-order valence-electron chi connectivity index (χ2n) is 6.63. The molecule has 1 nitrogen and oxygen atoms in total. The molecule has 0 bridgehead atoms. The number of benzene rings is 2. The smallest absolute Gasteiger partial charge is 0.299 e. The van der Waals surface area contributed by atoms with Gasteiger partial charge in [-0.25, -0.2) is 0 Å². The molecule has 0 atom stereocenters. The van der Waals surface area contributed by atoms with Crippen LogP contribution in [-0.4, -0.2) is 5.78 Å². The molecule has 32 heavy (non-hydrogen) atoms. The minimum absolute atomic E-state index is 0.234. The monoisotopic (exact) mass is 482 g/mol. The molecule has 0 heterocycles. The predicted molar refractivity (Wildman–Crippen MR) is 85.3 cm³/mol. The Bertz CT molecular complexity index is 914. The molecule has 0 fully saturated rings. The predicted octanol–water partition coefficient (Wildman–Crippen LogP) is 7.12. The normalized spacial score (nSPS) is 13.4. The SMILES string of the molecule is O=C(Cc1ccc(C(F)(F)F)cc1C(F)(F)F)Cc1ccc(C(F)(F)F)cc1C(F)(F)F. The first kappa shape index (κ1) is 25.5. The number of carbonyl (C=O) groups is 1. The van der Waals surface area contributed by atoms with E-state index < -0.39 is 76.7 Å². The molecular formula is C19H10F12O. The van der Waals surface area contributed by atoms with Gasteiger partial charge in [0.1, 0.15) is 5.78 Å². The molecule has 0 N–H and O–H groups in total. The van der Waals surface area contributed by atoms with Gasteiger partial charge in [-0.15, -0.1) is 0 Å². The van der Waals surface area contributed by atoms with Gasteiger partial charge >= 0.3 is 24.7 Å². The van der Waals surface area contributed by atoms with Gasteiger partial charge in [0.2, 0.25) is 0 Å². The van der Waals surface area contributed by atoms with Gasteiger partial charge in [0.05, 0.1) is 22.3 Å². The van der Waals surface area contributed by atoms with E-state index >= 15 is 0 Å². The average molecular weight is 482 g/mol. The molecule has 0 aromatic heterocycles. The van der Waals surface area contributed by atoms with Gasteiger partial charge in [0.15, 0.2) is 0 Å². The third kappa shape index (κ3) is 6.16. The summed E-state index contributed by atoms with van der Waals surface area (Å²) < 4.78 is 155. The highest BCUT2D eigenvalue weighted by Gasteiger charge is 2.40. The van der Waals surface area contributed by atoms with Crippen molar-refractivity contribution >= 4 is 5.78 Å². The van der Waals surface area contributed by atoms with E-state index in [2.05, 4.69) is 0 Å². The van der Waals surface area contributed by atoms with Crippen LogP contribution in [0.25, 0.3) is 0 Å². The molecule has 13 heteroatoms. The third-order valence-electron chi connectivity index (χ3n) is 4.26. The number of halogens is 12. The number of hydrogen-bond donors (Lipinski definition) is 0.